The van der Waals surface area contributed by atoms with E-state index in [2.05, 4.69) is 13.2 Å². The molecular formula is C8H16O6S. The topological polar surface area (TPSA) is 104 Å². The van der Waals surface area contributed by atoms with E-state index in [1.165, 1.54) is 0 Å². The predicted octanol–water partition coefficient (Wildman–Crippen LogP) is -0.0925. The quantitative estimate of drug-likeness (QED) is 0.352. The smallest absolute Gasteiger partial charge is 0.295 e. The lowest BCUT2D eigenvalue weighted by Gasteiger charge is -1.99. The molecule has 0 aliphatic heterocycles. The third kappa shape index (κ3) is 11.0. The maximum absolute atomic E-state index is 9.80. The Kier molecular flexibility index (Phi) is 9.28. The standard InChI is InChI=1S/C5H10O2.C3H6O4S/c1-3-7-5(2)4-6;1-2-3(4)8(5,6)7/h6H,2-4H2,1H3;2-4H,1H2,(H,5,6,7). The van der Waals surface area contributed by atoms with E-state index >= 15 is 0 Å². The minimum absolute atomic E-state index is 0.0756. The van der Waals surface area contributed by atoms with Crippen molar-refractivity contribution in [3.05, 3.63) is 25.0 Å². The molecule has 3 N–H and O–H groups in total. The monoisotopic (exact) mass is 240 g/mol. The number of rotatable bonds is 5. The van der Waals surface area contributed by atoms with E-state index < -0.39 is 15.6 Å². The zero-order valence-electron chi connectivity index (χ0n) is 8.46. The van der Waals surface area contributed by atoms with Crippen molar-refractivity contribution in [2.75, 3.05) is 13.2 Å². The van der Waals surface area contributed by atoms with Crippen molar-refractivity contribution in [1.29, 1.82) is 0 Å². The van der Waals surface area contributed by atoms with Gasteiger partial charge in [0.2, 0.25) is 0 Å². The van der Waals surface area contributed by atoms with E-state index in [0.717, 1.165) is 6.08 Å². The molecule has 15 heavy (non-hydrogen) atoms. The number of hydrogen-bond acceptors (Lipinski definition) is 5. The normalized spacial score (nSPS) is 12.0. The third-order valence-electron chi connectivity index (χ3n) is 1.03. The summed E-state index contributed by atoms with van der Waals surface area (Å²) < 4.78 is 32.3. The Bertz CT molecular complexity index is 282. The van der Waals surface area contributed by atoms with E-state index in [9.17, 15) is 8.42 Å². The zero-order chi connectivity index (χ0) is 12.5. The van der Waals surface area contributed by atoms with Crippen LogP contribution < -0.4 is 0 Å². The summed E-state index contributed by atoms with van der Waals surface area (Å²) in [6, 6.07) is 0. The van der Waals surface area contributed by atoms with E-state index in [0.29, 0.717) is 12.4 Å². The SMILES string of the molecule is C=C(CO)OCC.C=CC(O)S(=O)(=O)O. The molecule has 0 saturated carbocycles. The Morgan fingerprint density at radius 3 is 2.13 bits per heavy atom. The summed E-state index contributed by atoms with van der Waals surface area (Å²) >= 11 is 0. The minimum Gasteiger partial charge on any atom is -0.496 e. The van der Waals surface area contributed by atoms with Gasteiger partial charge in [0.1, 0.15) is 5.76 Å². The second-order valence-electron chi connectivity index (χ2n) is 2.27. The minimum atomic E-state index is -4.32. The first-order valence-corrected chi connectivity index (χ1v) is 5.48. The summed E-state index contributed by atoms with van der Waals surface area (Å²) in [6.45, 7) is 8.68. The van der Waals surface area contributed by atoms with E-state index in [1.807, 2.05) is 6.92 Å². The highest BCUT2D eigenvalue weighted by atomic mass is 32.2. The van der Waals surface area contributed by atoms with Gasteiger partial charge in [0.05, 0.1) is 13.2 Å². The van der Waals surface area contributed by atoms with Crippen LogP contribution in [0, 0.1) is 0 Å². The van der Waals surface area contributed by atoms with Crippen LogP contribution in [0.4, 0.5) is 0 Å². The van der Waals surface area contributed by atoms with E-state index in [4.69, 9.17) is 19.5 Å². The lowest BCUT2D eigenvalue weighted by atomic mass is 10.6. The largest absolute Gasteiger partial charge is 0.496 e. The number of hydrogen-bond donors (Lipinski definition) is 3. The predicted molar refractivity (Wildman–Crippen MR) is 55.6 cm³/mol. The molecule has 0 bridgehead atoms. The lowest BCUT2D eigenvalue weighted by molar-refractivity contribution is 0.173. The summed E-state index contributed by atoms with van der Waals surface area (Å²) in [5.41, 5.74) is -1.86. The first kappa shape index (κ1) is 16.5. The van der Waals surface area contributed by atoms with Gasteiger partial charge in [-0.05, 0) is 13.0 Å². The molecule has 0 radical (unpaired) electrons. The Morgan fingerprint density at radius 2 is 2.07 bits per heavy atom. The van der Waals surface area contributed by atoms with Gasteiger partial charge in [-0.15, -0.1) is 0 Å². The molecular weight excluding hydrogens is 224 g/mol. The first-order chi connectivity index (χ1) is 6.79. The van der Waals surface area contributed by atoms with Gasteiger partial charge in [0.15, 0.2) is 5.44 Å². The molecule has 0 aromatic carbocycles. The van der Waals surface area contributed by atoms with Gasteiger partial charge < -0.3 is 14.9 Å². The molecule has 0 spiro atoms. The summed E-state index contributed by atoms with van der Waals surface area (Å²) in [5, 5.41) is 16.5. The Labute approximate surface area is 89.3 Å². The summed E-state index contributed by atoms with van der Waals surface area (Å²) in [5.74, 6) is 0.433. The van der Waals surface area contributed by atoms with Crippen molar-refractivity contribution in [2.45, 2.75) is 12.4 Å². The molecule has 0 amide bonds. The van der Waals surface area contributed by atoms with Crippen molar-refractivity contribution in [3.8, 4) is 0 Å². The van der Waals surface area contributed by atoms with Crippen molar-refractivity contribution < 1.29 is 27.9 Å². The average molecular weight is 240 g/mol. The molecule has 0 rings (SSSR count). The third-order valence-corrected chi connectivity index (χ3v) is 1.83. The van der Waals surface area contributed by atoms with Gasteiger partial charge in [-0.3, -0.25) is 4.55 Å². The summed E-state index contributed by atoms with van der Waals surface area (Å²) in [7, 11) is -4.32. The van der Waals surface area contributed by atoms with Crippen molar-refractivity contribution in [1.82, 2.24) is 0 Å². The molecule has 0 aliphatic carbocycles. The molecule has 1 atom stereocenters. The van der Waals surface area contributed by atoms with E-state index in [-0.39, 0.29) is 6.61 Å². The molecule has 0 fully saturated rings. The highest BCUT2D eigenvalue weighted by molar-refractivity contribution is 7.86. The van der Waals surface area contributed by atoms with Gasteiger partial charge in [-0.25, -0.2) is 0 Å². The molecule has 0 saturated heterocycles. The Balaban J connectivity index is 0. The fraction of sp³-hybridized carbons (Fsp3) is 0.500. The molecule has 0 aliphatic rings. The fourth-order valence-electron chi connectivity index (χ4n) is 0.371. The highest BCUT2D eigenvalue weighted by Crippen LogP contribution is 1.92. The second kappa shape index (κ2) is 8.42. The number of ether oxygens (including phenoxy) is 1. The number of aliphatic hydroxyl groups is 2. The van der Waals surface area contributed by atoms with Crippen LogP contribution in [0.5, 0.6) is 0 Å². The van der Waals surface area contributed by atoms with Gasteiger partial charge in [0, 0.05) is 0 Å². The Morgan fingerprint density at radius 1 is 1.60 bits per heavy atom. The van der Waals surface area contributed by atoms with Crippen LogP contribution in [0.1, 0.15) is 6.92 Å². The van der Waals surface area contributed by atoms with Gasteiger partial charge in [-0.1, -0.05) is 13.2 Å². The maximum Gasteiger partial charge on any atom is 0.295 e. The van der Waals surface area contributed by atoms with E-state index in [1.54, 1.807) is 0 Å². The molecule has 0 aromatic heterocycles. The second-order valence-corrected chi connectivity index (χ2v) is 3.78. The van der Waals surface area contributed by atoms with Crippen molar-refractivity contribution in [3.63, 3.8) is 0 Å². The summed E-state index contributed by atoms with van der Waals surface area (Å²) in [6.07, 6.45) is 0.718. The van der Waals surface area contributed by atoms with Crippen LogP contribution in [-0.2, 0) is 14.9 Å². The van der Waals surface area contributed by atoms with Crippen molar-refractivity contribution >= 4 is 10.1 Å². The highest BCUT2D eigenvalue weighted by Gasteiger charge is 2.13. The molecule has 1 unspecified atom stereocenters. The maximum atomic E-state index is 9.80. The molecule has 90 valence electrons. The van der Waals surface area contributed by atoms with Crippen LogP contribution in [0.2, 0.25) is 0 Å². The summed E-state index contributed by atoms with van der Waals surface area (Å²) in [4.78, 5) is 0. The molecule has 7 heteroatoms. The lowest BCUT2D eigenvalue weighted by Crippen LogP contribution is -2.15. The van der Waals surface area contributed by atoms with Crippen molar-refractivity contribution in [2.24, 2.45) is 0 Å². The first-order valence-electron chi connectivity index (χ1n) is 3.97. The fourth-order valence-corrected chi connectivity index (χ4v) is 0.615. The molecule has 0 heterocycles. The van der Waals surface area contributed by atoms with Crippen LogP contribution in [0.3, 0.4) is 0 Å². The zero-order valence-corrected chi connectivity index (χ0v) is 9.27. The van der Waals surface area contributed by atoms with Crippen LogP contribution in [0.15, 0.2) is 25.0 Å². The van der Waals surface area contributed by atoms with Crippen LogP contribution in [0.25, 0.3) is 0 Å². The molecule has 6 nitrogen and oxygen atoms in total. The Hall–Kier alpha value is -0.890. The average Bonchev–Trinajstić information content (AvgIpc) is 2.16. The number of aliphatic hydroxyl groups excluding tert-OH is 2. The van der Waals surface area contributed by atoms with Gasteiger partial charge >= 0.3 is 0 Å². The van der Waals surface area contributed by atoms with Gasteiger partial charge in [-0.2, -0.15) is 8.42 Å². The molecule has 0 aromatic rings. The van der Waals surface area contributed by atoms with Gasteiger partial charge in [0.25, 0.3) is 10.1 Å². The van der Waals surface area contributed by atoms with Crippen LogP contribution >= 0.6 is 0 Å². The van der Waals surface area contributed by atoms with Crippen LogP contribution in [-0.4, -0.2) is 41.8 Å².